The smallest absolute Gasteiger partial charge is 0.0255 e. The van der Waals surface area contributed by atoms with Crippen molar-refractivity contribution >= 4 is 0 Å². The van der Waals surface area contributed by atoms with Gasteiger partial charge in [-0.25, -0.2) is 0 Å². The molecular formula is C11H22N2. The van der Waals surface area contributed by atoms with Gasteiger partial charge in [-0.3, -0.25) is 4.90 Å². The summed E-state index contributed by atoms with van der Waals surface area (Å²) in [5, 5.41) is 3.64. The Bertz CT molecular complexity index is 183. The standard InChI is InChI=1S/C11H22N2/c1-11(2,3)13-8-6-9-10(13)5-4-7-12-9/h9-10,12H,4-8H2,1-3H3. The average molecular weight is 182 g/mol. The molecule has 0 spiro atoms. The van der Waals surface area contributed by atoms with Crippen LogP contribution >= 0.6 is 0 Å². The van der Waals surface area contributed by atoms with Gasteiger partial charge in [0.2, 0.25) is 0 Å². The predicted octanol–water partition coefficient (Wildman–Crippen LogP) is 1.61. The molecule has 76 valence electrons. The van der Waals surface area contributed by atoms with Gasteiger partial charge < -0.3 is 5.32 Å². The lowest BCUT2D eigenvalue weighted by atomic mass is 9.96. The number of hydrogen-bond acceptors (Lipinski definition) is 2. The third kappa shape index (κ3) is 1.75. The fourth-order valence-corrected chi connectivity index (χ4v) is 2.88. The first-order valence-electron chi connectivity index (χ1n) is 5.59. The van der Waals surface area contributed by atoms with Crippen LogP contribution in [0.1, 0.15) is 40.0 Å². The molecular weight excluding hydrogens is 160 g/mol. The van der Waals surface area contributed by atoms with Crippen LogP contribution in [0.3, 0.4) is 0 Å². The maximum absolute atomic E-state index is 3.64. The van der Waals surface area contributed by atoms with Crippen LogP contribution in [-0.2, 0) is 0 Å². The quantitative estimate of drug-likeness (QED) is 0.612. The first kappa shape index (κ1) is 9.47. The highest BCUT2D eigenvalue weighted by molar-refractivity contribution is 4.98. The molecule has 1 N–H and O–H groups in total. The Hall–Kier alpha value is -0.0800. The molecule has 0 amide bonds. The van der Waals surface area contributed by atoms with Crippen LogP contribution in [0.5, 0.6) is 0 Å². The summed E-state index contributed by atoms with van der Waals surface area (Å²) in [4.78, 5) is 2.68. The largest absolute Gasteiger partial charge is 0.312 e. The summed E-state index contributed by atoms with van der Waals surface area (Å²) < 4.78 is 0. The molecule has 0 aromatic heterocycles. The van der Waals surface area contributed by atoms with Gasteiger partial charge in [0.15, 0.2) is 0 Å². The van der Waals surface area contributed by atoms with Crippen molar-refractivity contribution < 1.29 is 0 Å². The van der Waals surface area contributed by atoms with Gasteiger partial charge in [0.05, 0.1) is 0 Å². The van der Waals surface area contributed by atoms with Gasteiger partial charge in [0, 0.05) is 24.2 Å². The van der Waals surface area contributed by atoms with E-state index in [1.54, 1.807) is 0 Å². The zero-order valence-corrected chi connectivity index (χ0v) is 9.14. The lowest BCUT2D eigenvalue weighted by molar-refractivity contribution is 0.0974. The molecule has 0 aliphatic carbocycles. The topological polar surface area (TPSA) is 15.3 Å². The van der Waals surface area contributed by atoms with Gasteiger partial charge in [-0.1, -0.05) is 0 Å². The SMILES string of the molecule is CC(C)(C)N1CCC2NCCCC21. The van der Waals surface area contributed by atoms with Crippen LogP contribution in [0.4, 0.5) is 0 Å². The molecule has 0 saturated carbocycles. The molecule has 2 fully saturated rings. The molecule has 0 radical (unpaired) electrons. The minimum atomic E-state index is 0.360. The third-order valence-corrected chi connectivity index (χ3v) is 3.49. The van der Waals surface area contributed by atoms with Crippen LogP contribution in [0, 0.1) is 0 Å². The molecule has 2 rings (SSSR count). The molecule has 2 aliphatic rings. The molecule has 2 nitrogen and oxygen atoms in total. The summed E-state index contributed by atoms with van der Waals surface area (Å²) in [5.41, 5.74) is 0.360. The van der Waals surface area contributed by atoms with Gasteiger partial charge >= 0.3 is 0 Å². The summed E-state index contributed by atoms with van der Waals surface area (Å²) in [6.45, 7) is 9.53. The van der Waals surface area contributed by atoms with Gasteiger partial charge in [-0.15, -0.1) is 0 Å². The van der Waals surface area contributed by atoms with Gasteiger partial charge in [0.1, 0.15) is 0 Å². The number of likely N-dealkylation sites (tertiary alicyclic amines) is 1. The molecule has 2 aliphatic heterocycles. The maximum atomic E-state index is 3.64. The average Bonchev–Trinajstić information content (AvgIpc) is 2.45. The highest BCUT2D eigenvalue weighted by atomic mass is 15.3. The van der Waals surface area contributed by atoms with Crippen LogP contribution in [0.2, 0.25) is 0 Å². The summed E-state index contributed by atoms with van der Waals surface area (Å²) in [7, 11) is 0. The Morgan fingerprint density at radius 2 is 2.00 bits per heavy atom. The third-order valence-electron chi connectivity index (χ3n) is 3.49. The Morgan fingerprint density at radius 3 is 2.69 bits per heavy atom. The second-order valence-electron chi connectivity index (χ2n) is 5.42. The first-order valence-corrected chi connectivity index (χ1v) is 5.59. The molecule has 13 heavy (non-hydrogen) atoms. The lowest BCUT2D eigenvalue weighted by Crippen LogP contribution is -2.52. The van der Waals surface area contributed by atoms with E-state index < -0.39 is 0 Å². The summed E-state index contributed by atoms with van der Waals surface area (Å²) >= 11 is 0. The lowest BCUT2D eigenvalue weighted by Gasteiger charge is -2.40. The van der Waals surface area contributed by atoms with Crippen molar-refractivity contribution in [2.75, 3.05) is 13.1 Å². The fraction of sp³-hybridized carbons (Fsp3) is 1.00. The van der Waals surface area contributed by atoms with Crippen molar-refractivity contribution in [1.82, 2.24) is 10.2 Å². The van der Waals surface area contributed by atoms with Crippen molar-refractivity contribution in [3.05, 3.63) is 0 Å². The Balaban J connectivity index is 2.07. The number of piperidine rings is 1. The van der Waals surface area contributed by atoms with Crippen LogP contribution in [0.25, 0.3) is 0 Å². The Morgan fingerprint density at radius 1 is 1.23 bits per heavy atom. The van der Waals surface area contributed by atoms with Gasteiger partial charge in [-0.2, -0.15) is 0 Å². The number of rotatable bonds is 0. The molecule has 0 aromatic rings. The van der Waals surface area contributed by atoms with Crippen molar-refractivity contribution in [3.8, 4) is 0 Å². The van der Waals surface area contributed by atoms with Crippen LogP contribution < -0.4 is 5.32 Å². The predicted molar refractivity (Wildman–Crippen MR) is 55.9 cm³/mol. The highest BCUT2D eigenvalue weighted by Gasteiger charge is 2.40. The minimum Gasteiger partial charge on any atom is -0.312 e. The summed E-state index contributed by atoms with van der Waals surface area (Å²) in [5.74, 6) is 0. The molecule has 2 heteroatoms. The van der Waals surface area contributed by atoms with Crippen LogP contribution in [0.15, 0.2) is 0 Å². The van der Waals surface area contributed by atoms with E-state index in [-0.39, 0.29) is 0 Å². The zero-order valence-electron chi connectivity index (χ0n) is 9.14. The fourth-order valence-electron chi connectivity index (χ4n) is 2.88. The van der Waals surface area contributed by atoms with E-state index in [4.69, 9.17) is 0 Å². The molecule has 0 aromatic carbocycles. The van der Waals surface area contributed by atoms with E-state index in [1.165, 1.54) is 32.4 Å². The second kappa shape index (κ2) is 3.25. The number of fused-ring (bicyclic) bond motifs is 1. The van der Waals surface area contributed by atoms with Crippen molar-refractivity contribution in [3.63, 3.8) is 0 Å². The summed E-state index contributed by atoms with van der Waals surface area (Å²) in [6.07, 6.45) is 4.10. The first-order chi connectivity index (χ1) is 6.09. The normalized spacial score (nSPS) is 36.2. The van der Waals surface area contributed by atoms with Crippen molar-refractivity contribution in [2.24, 2.45) is 0 Å². The van der Waals surface area contributed by atoms with Gasteiger partial charge in [-0.05, 0) is 46.6 Å². The number of hydrogen-bond donors (Lipinski definition) is 1. The van der Waals surface area contributed by atoms with Crippen molar-refractivity contribution in [2.45, 2.75) is 57.7 Å². The molecule has 2 unspecified atom stereocenters. The maximum Gasteiger partial charge on any atom is 0.0255 e. The minimum absolute atomic E-state index is 0.360. The number of nitrogens with zero attached hydrogens (tertiary/aromatic N) is 1. The van der Waals surface area contributed by atoms with E-state index in [0.717, 1.165) is 12.1 Å². The van der Waals surface area contributed by atoms with E-state index in [2.05, 4.69) is 31.0 Å². The zero-order chi connectivity index (χ0) is 9.47. The molecule has 2 atom stereocenters. The van der Waals surface area contributed by atoms with Gasteiger partial charge in [0.25, 0.3) is 0 Å². The molecule has 2 heterocycles. The van der Waals surface area contributed by atoms with E-state index in [0.29, 0.717) is 5.54 Å². The molecule has 2 saturated heterocycles. The second-order valence-corrected chi connectivity index (χ2v) is 5.42. The monoisotopic (exact) mass is 182 g/mol. The Labute approximate surface area is 81.7 Å². The number of nitrogens with one attached hydrogen (secondary N) is 1. The molecule has 0 bridgehead atoms. The Kier molecular flexibility index (Phi) is 2.37. The van der Waals surface area contributed by atoms with E-state index in [1.807, 2.05) is 0 Å². The van der Waals surface area contributed by atoms with E-state index >= 15 is 0 Å². The van der Waals surface area contributed by atoms with Crippen LogP contribution in [-0.4, -0.2) is 35.6 Å². The highest BCUT2D eigenvalue weighted by Crippen LogP contribution is 2.30. The van der Waals surface area contributed by atoms with E-state index in [9.17, 15) is 0 Å². The van der Waals surface area contributed by atoms with Crippen molar-refractivity contribution in [1.29, 1.82) is 0 Å². The summed E-state index contributed by atoms with van der Waals surface area (Å²) in [6, 6.07) is 1.60.